The number of hydrogen-bond donors (Lipinski definition) is 1. The summed E-state index contributed by atoms with van der Waals surface area (Å²) in [7, 11) is 0. The van der Waals surface area contributed by atoms with Crippen LogP contribution in [0.25, 0.3) is 0 Å². The molecular formula is C13H16ClNO. The van der Waals surface area contributed by atoms with E-state index in [9.17, 15) is 4.79 Å². The van der Waals surface area contributed by atoms with Gasteiger partial charge in [-0.2, -0.15) is 0 Å². The number of benzene rings is 1. The quantitative estimate of drug-likeness (QED) is 0.871. The van der Waals surface area contributed by atoms with E-state index < -0.39 is 72.3 Å². The third-order valence-corrected chi connectivity index (χ3v) is 2.90. The molecule has 0 radical (unpaired) electrons. The summed E-state index contributed by atoms with van der Waals surface area (Å²) in [5.74, 6) is -0.828. The molecule has 2 rings (SSSR count). The summed E-state index contributed by atoms with van der Waals surface area (Å²) < 4.78 is 78.0. The van der Waals surface area contributed by atoms with Crippen molar-refractivity contribution in [2.75, 3.05) is 6.98 Å². The predicted molar refractivity (Wildman–Crippen MR) is 65.7 cm³/mol. The Bertz CT molecular complexity index is 732. The molecule has 16 heavy (non-hydrogen) atoms. The molecule has 0 heterocycles. The largest absolute Gasteiger partial charge is 0.304 e. The molecule has 1 aromatic rings. The van der Waals surface area contributed by atoms with E-state index in [4.69, 9.17) is 25.3 Å². The maximum atomic E-state index is 12.8. The van der Waals surface area contributed by atoms with Gasteiger partial charge < -0.3 is 5.31 Å². The lowest BCUT2D eigenvalue weighted by atomic mass is 9.75. The average molecular weight is 248 g/mol. The second kappa shape index (κ2) is 4.56. The van der Waals surface area contributed by atoms with E-state index in [1.807, 2.05) is 0 Å². The second-order valence-corrected chi connectivity index (χ2v) is 3.89. The minimum absolute atomic E-state index is 0.0545. The van der Waals surface area contributed by atoms with Crippen LogP contribution in [0, 0.1) is 0 Å². The van der Waals surface area contributed by atoms with Gasteiger partial charge in [-0.3, -0.25) is 4.79 Å². The summed E-state index contributed by atoms with van der Waals surface area (Å²) in [5.41, 5.74) is -3.04. The van der Waals surface area contributed by atoms with Gasteiger partial charge in [0.15, 0.2) is 5.78 Å². The van der Waals surface area contributed by atoms with E-state index in [0.717, 1.165) is 0 Å². The van der Waals surface area contributed by atoms with Crippen LogP contribution in [0.2, 0.25) is 6.43 Å². The number of hydrogen-bond acceptors (Lipinski definition) is 2. The van der Waals surface area contributed by atoms with E-state index in [2.05, 4.69) is 0 Å². The van der Waals surface area contributed by atoms with Crippen LogP contribution in [0.5, 0.6) is 0 Å². The molecule has 86 valence electrons. The molecule has 1 saturated carbocycles. The number of nitrogens with one attached hydrogen (secondary N) is 1. The highest BCUT2D eigenvalue weighted by molar-refractivity contribution is 6.31. The van der Waals surface area contributed by atoms with Crippen LogP contribution in [0.4, 0.5) is 0 Å². The first-order valence-electron chi connectivity index (χ1n) is 9.70. The van der Waals surface area contributed by atoms with E-state index in [-0.39, 0.29) is 11.7 Å². The number of carbonyl (C=O) groups is 1. The standard InChI is InChI=1S/C13H16ClNO/c1-15-13(9-5-4-8-12(13)16)10-6-2-3-7-11(10)14/h2-3,6-7,15H,4-5,8-9H2,1H3/i1D3,2D,3D,5D2,6D,7D/hD. The Morgan fingerprint density at radius 3 is 3.31 bits per heavy atom. The lowest BCUT2D eigenvalue weighted by Gasteiger charge is -2.36. The van der Waals surface area contributed by atoms with Gasteiger partial charge >= 0.3 is 0 Å². The summed E-state index contributed by atoms with van der Waals surface area (Å²) in [6.07, 6.45) is -3.37. The van der Waals surface area contributed by atoms with Crippen molar-refractivity contribution >= 4 is 17.4 Å². The van der Waals surface area contributed by atoms with Crippen molar-refractivity contribution in [3.05, 3.63) is 34.8 Å². The lowest BCUT2D eigenvalue weighted by molar-refractivity contribution is -0.127. The first kappa shape index (κ1) is 4.43. The molecule has 1 aliphatic rings. The van der Waals surface area contributed by atoms with Gasteiger partial charge in [0, 0.05) is 18.3 Å². The van der Waals surface area contributed by atoms with E-state index in [1.165, 1.54) is 0 Å². The van der Waals surface area contributed by atoms with E-state index >= 15 is 0 Å². The van der Waals surface area contributed by atoms with Gasteiger partial charge in [-0.15, -0.1) is 0 Å². The van der Waals surface area contributed by atoms with Crippen LogP contribution in [0.3, 0.4) is 0 Å². The minimum Gasteiger partial charge on any atom is -0.304 e. The Balaban J connectivity index is 2.94. The predicted octanol–water partition coefficient (Wildman–Crippen LogP) is 2.90. The fourth-order valence-corrected chi connectivity index (χ4v) is 2.00. The summed E-state index contributed by atoms with van der Waals surface area (Å²) >= 11 is 6.07. The maximum Gasteiger partial charge on any atom is 0.157 e. The fraction of sp³-hybridized carbons (Fsp3) is 0.462. The zero-order valence-corrected chi connectivity index (χ0v) is 9.11. The molecule has 1 atom stereocenters. The zero-order chi connectivity index (χ0) is 20.2. The molecule has 0 aromatic heterocycles. The maximum absolute atomic E-state index is 12.8. The van der Waals surface area contributed by atoms with Crippen molar-refractivity contribution in [3.8, 4) is 0 Å². The number of rotatable bonds is 2. The average Bonchev–Trinajstić information content (AvgIpc) is 2.52. The summed E-state index contributed by atoms with van der Waals surface area (Å²) in [6.45, 7) is -3.15. The van der Waals surface area contributed by atoms with Crippen molar-refractivity contribution < 1.29 is 18.5 Å². The highest BCUT2D eigenvalue weighted by Crippen LogP contribution is 2.37. The Morgan fingerprint density at radius 1 is 1.69 bits per heavy atom. The van der Waals surface area contributed by atoms with E-state index in [0.29, 0.717) is 0 Å². The van der Waals surface area contributed by atoms with Gasteiger partial charge in [-0.05, 0) is 31.4 Å². The van der Waals surface area contributed by atoms with Crippen molar-refractivity contribution in [1.29, 1.82) is 0 Å². The molecule has 0 spiro atoms. The number of carbonyl (C=O) groups excluding carboxylic acids is 1. The molecule has 0 bridgehead atoms. The third kappa shape index (κ3) is 1.76. The van der Waals surface area contributed by atoms with Crippen LogP contribution in [0.15, 0.2) is 24.2 Å². The molecule has 0 saturated heterocycles. The summed E-state index contributed by atoms with van der Waals surface area (Å²) in [4.78, 5) is 12.8. The molecule has 1 aliphatic carbocycles. The molecular weight excluding hydrogens is 222 g/mol. The van der Waals surface area contributed by atoms with Gasteiger partial charge in [0.25, 0.3) is 0 Å². The Morgan fingerprint density at radius 2 is 2.50 bits per heavy atom. The monoisotopic (exact) mass is 247 g/mol. The number of likely N-dealkylation sites (N-methyl/N-ethyl adjacent to an activating group) is 1. The number of ketones is 1. The van der Waals surface area contributed by atoms with Crippen LogP contribution in [0.1, 0.15) is 43.5 Å². The van der Waals surface area contributed by atoms with Gasteiger partial charge in [0.1, 0.15) is 6.95 Å². The van der Waals surface area contributed by atoms with Crippen molar-refractivity contribution in [3.63, 3.8) is 0 Å². The molecule has 1 unspecified atom stereocenters. The molecule has 0 amide bonds. The molecule has 3 heteroatoms. The SMILES string of the molecule is [2H]c1c([2H])c([2H])c(C2(N([2H])C([2H])([2H])[2H])CC([2H])([2H])CCC2=O)c(Cl)c1[2H]. The summed E-state index contributed by atoms with van der Waals surface area (Å²) in [6, 6.07) is -2.86. The van der Waals surface area contributed by atoms with Crippen LogP contribution < -0.4 is 5.31 Å². The summed E-state index contributed by atoms with van der Waals surface area (Å²) in [5, 5.41) is -0.648. The van der Waals surface area contributed by atoms with Gasteiger partial charge in [0.2, 0.25) is 0 Å². The Labute approximate surface area is 115 Å². The van der Waals surface area contributed by atoms with Gasteiger partial charge in [0.05, 0.1) is 5.48 Å². The van der Waals surface area contributed by atoms with Crippen LogP contribution >= 0.6 is 11.6 Å². The topological polar surface area (TPSA) is 29.1 Å². The third-order valence-electron chi connectivity index (χ3n) is 2.62. The highest BCUT2D eigenvalue weighted by Gasteiger charge is 2.40. The first-order chi connectivity index (χ1) is 11.7. The molecule has 1 aromatic carbocycles. The Kier molecular flexibility index (Phi) is 1.26. The molecule has 2 nitrogen and oxygen atoms in total. The van der Waals surface area contributed by atoms with Gasteiger partial charge in [-0.1, -0.05) is 36.1 Å². The fourth-order valence-electron chi connectivity index (χ4n) is 1.74. The lowest BCUT2D eigenvalue weighted by Crippen LogP contribution is -2.49. The number of Topliss-reactive ketones (excluding diaryl/α,β-unsaturated/α-hetero) is 1. The minimum atomic E-state index is -3.15. The Hall–Kier alpha value is -0.860. The molecule has 0 aliphatic heterocycles. The molecule has 1 N–H and O–H groups in total. The van der Waals surface area contributed by atoms with E-state index in [1.54, 1.807) is 0 Å². The van der Waals surface area contributed by atoms with Crippen LogP contribution in [-0.2, 0) is 10.3 Å². The first-order valence-corrected chi connectivity index (χ1v) is 5.13. The zero-order valence-electron chi connectivity index (χ0n) is 18.4. The number of halogens is 1. The van der Waals surface area contributed by atoms with Crippen molar-refractivity contribution in [2.45, 2.75) is 31.2 Å². The van der Waals surface area contributed by atoms with Crippen molar-refractivity contribution in [2.24, 2.45) is 0 Å². The second-order valence-electron chi connectivity index (χ2n) is 3.51. The normalized spacial score (nSPS) is 39.0. The smallest absolute Gasteiger partial charge is 0.157 e. The highest BCUT2D eigenvalue weighted by atomic mass is 35.5. The van der Waals surface area contributed by atoms with Crippen LogP contribution in [-0.4, -0.2) is 12.8 Å². The van der Waals surface area contributed by atoms with Gasteiger partial charge in [-0.25, -0.2) is 0 Å². The molecule has 1 fully saturated rings. The van der Waals surface area contributed by atoms with Crippen molar-refractivity contribution in [1.82, 2.24) is 5.31 Å².